The molecular formula is C22H23FN4O2. The molecule has 29 heavy (non-hydrogen) atoms. The maximum atomic E-state index is 13.7. The van der Waals surface area contributed by atoms with Gasteiger partial charge in [-0.25, -0.2) is 4.39 Å². The number of benzene rings is 1. The van der Waals surface area contributed by atoms with Gasteiger partial charge in [0.1, 0.15) is 29.6 Å². The molecular weight excluding hydrogens is 371 g/mol. The van der Waals surface area contributed by atoms with Gasteiger partial charge in [-0.15, -0.1) is 5.10 Å². The lowest BCUT2D eigenvalue weighted by molar-refractivity contribution is 0.294. The minimum absolute atomic E-state index is 0.00575. The summed E-state index contributed by atoms with van der Waals surface area (Å²) >= 11 is 0. The Morgan fingerprint density at radius 3 is 2.93 bits per heavy atom. The van der Waals surface area contributed by atoms with Gasteiger partial charge in [-0.2, -0.15) is 0 Å². The zero-order valence-corrected chi connectivity index (χ0v) is 16.1. The van der Waals surface area contributed by atoms with Gasteiger partial charge in [-0.05, 0) is 42.8 Å². The van der Waals surface area contributed by atoms with E-state index in [4.69, 9.17) is 15.3 Å². The Morgan fingerprint density at radius 2 is 2.24 bits per heavy atom. The third kappa shape index (κ3) is 5.22. The van der Waals surface area contributed by atoms with Gasteiger partial charge in [-0.1, -0.05) is 24.8 Å². The van der Waals surface area contributed by atoms with Gasteiger partial charge in [-0.3, -0.25) is 4.98 Å². The van der Waals surface area contributed by atoms with Gasteiger partial charge in [0.05, 0.1) is 0 Å². The van der Waals surface area contributed by atoms with Gasteiger partial charge in [0.2, 0.25) is 5.90 Å². The number of nitrogens with one attached hydrogen (secondary N) is 1. The van der Waals surface area contributed by atoms with Crippen LogP contribution in [0.5, 0.6) is 5.75 Å². The van der Waals surface area contributed by atoms with Crippen molar-refractivity contribution in [1.29, 1.82) is 0 Å². The number of nitrogens with two attached hydrogens (primary N) is 1. The van der Waals surface area contributed by atoms with Crippen molar-refractivity contribution in [2.75, 3.05) is 7.05 Å². The molecule has 1 aromatic heterocycles. The molecule has 0 spiro atoms. The highest BCUT2D eigenvalue weighted by Crippen LogP contribution is 2.24. The molecule has 1 unspecified atom stereocenters. The summed E-state index contributed by atoms with van der Waals surface area (Å²) in [6, 6.07) is 9.92. The van der Waals surface area contributed by atoms with E-state index in [-0.39, 0.29) is 24.1 Å². The summed E-state index contributed by atoms with van der Waals surface area (Å²) in [7, 11) is 1.87. The Hall–Kier alpha value is -3.61. The first-order chi connectivity index (χ1) is 14.1. The third-order valence-electron chi connectivity index (χ3n) is 4.44. The molecule has 1 aromatic carbocycles. The summed E-state index contributed by atoms with van der Waals surface area (Å²) < 4.78 is 25.2. The van der Waals surface area contributed by atoms with Gasteiger partial charge in [0, 0.05) is 30.4 Å². The molecule has 0 amide bonds. The summed E-state index contributed by atoms with van der Waals surface area (Å²) in [5.41, 5.74) is 1.91. The maximum Gasteiger partial charge on any atom is 0.242 e. The topological polar surface area (TPSA) is 81.8 Å². The molecule has 0 radical (unpaired) electrons. The fourth-order valence-electron chi connectivity index (χ4n) is 2.80. The van der Waals surface area contributed by atoms with E-state index in [0.29, 0.717) is 17.1 Å². The predicted molar refractivity (Wildman–Crippen MR) is 110 cm³/mol. The van der Waals surface area contributed by atoms with Crippen molar-refractivity contribution < 1.29 is 13.9 Å². The first kappa shape index (κ1) is 20.1. The second-order valence-electron chi connectivity index (χ2n) is 6.36. The Morgan fingerprint density at radius 1 is 1.38 bits per heavy atom. The van der Waals surface area contributed by atoms with Crippen LogP contribution in [0.4, 0.5) is 4.39 Å². The quantitative estimate of drug-likeness (QED) is 0.246. The number of ether oxygens (including phenoxy) is 2. The van der Waals surface area contributed by atoms with Crippen molar-refractivity contribution in [3.63, 3.8) is 0 Å². The predicted octanol–water partition coefficient (Wildman–Crippen LogP) is 3.63. The molecule has 1 heterocycles. The highest BCUT2D eigenvalue weighted by Gasteiger charge is 2.17. The average Bonchev–Trinajstić information content (AvgIpc) is 2.77. The van der Waals surface area contributed by atoms with E-state index in [1.165, 1.54) is 18.3 Å². The lowest BCUT2D eigenvalue weighted by Crippen LogP contribution is -2.15. The Bertz CT molecular complexity index is 969. The molecule has 150 valence electrons. The lowest BCUT2D eigenvalue weighted by Gasteiger charge is -2.19. The molecule has 7 heteroatoms. The zero-order valence-electron chi connectivity index (χ0n) is 16.1. The molecule has 0 aliphatic heterocycles. The van der Waals surface area contributed by atoms with E-state index in [0.717, 1.165) is 12.1 Å². The van der Waals surface area contributed by atoms with Crippen LogP contribution in [0.2, 0.25) is 0 Å². The Labute approximate surface area is 169 Å². The summed E-state index contributed by atoms with van der Waals surface area (Å²) in [5, 5.41) is 6.84. The van der Waals surface area contributed by atoms with Crippen molar-refractivity contribution in [2.24, 2.45) is 16.9 Å². The number of halogens is 1. The third-order valence-corrected chi connectivity index (χ3v) is 4.44. The van der Waals surface area contributed by atoms with E-state index in [1.807, 2.05) is 19.2 Å². The zero-order chi connectivity index (χ0) is 20.6. The van der Waals surface area contributed by atoms with Crippen molar-refractivity contribution in [1.82, 2.24) is 10.3 Å². The van der Waals surface area contributed by atoms with Crippen LogP contribution in [-0.2, 0) is 11.3 Å². The molecule has 0 bridgehead atoms. The number of aromatic nitrogens is 1. The van der Waals surface area contributed by atoms with Crippen LogP contribution in [-0.4, -0.2) is 17.9 Å². The fraction of sp³-hybridized carbons (Fsp3) is 0.182. The maximum absolute atomic E-state index is 13.7. The van der Waals surface area contributed by atoms with Gasteiger partial charge >= 0.3 is 0 Å². The van der Waals surface area contributed by atoms with Crippen LogP contribution < -0.4 is 15.9 Å². The van der Waals surface area contributed by atoms with Crippen molar-refractivity contribution in [2.45, 2.75) is 13.0 Å². The first-order valence-electron chi connectivity index (χ1n) is 9.14. The number of hydrogen-bond acceptors (Lipinski definition) is 6. The second-order valence-corrected chi connectivity index (χ2v) is 6.36. The van der Waals surface area contributed by atoms with Crippen molar-refractivity contribution in [3.8, 4) is 5.75 Å². The minimum atomic E-state index is -0.413. The van der Waals surface area contributed by atoms with E-state index >= 15 is 0 Å². The molecule has 3 N–H and O–H groups in total. The highest BCUT2D eigenvalue weighted by atomic mass is 19.1. The summed E-state index contributed by atoms with van der Waals surface area (Å²) in [6.45, 7) is 4.02. The molecule has 1 aliphatic rings. The number of hydrazone groups is 1. The SMILES string of the molecule is C=C(O/C(=N\N)c1cccc(OCc2ncccc2F)c1)C1C=CC(NC)=CC1. The largest absolute Gasteiger partial charge is 0.487 e. The number of pyridine rings is 1. The molecule has 0 saturated heterocycles. The normalized spacial score (nSPS) is 16.1. The van der Waals surface area contributed by atoms with Gasteiger partial charge in [0.15, 0.2) is 0 Å². The number of allylic oxidation sites excluding steroid dienone is 3. The van der Waals surface area contributed by atoms with E-state index in [2.05, 4.69) is 28.1 Å². The monoisotopic (exact) mass is 394 g/mol. The summed E-state index contributed by atoms with van der Waals surface area (Å²) in [4.78, 5) is 3.97. The van der Waals surface area contributed by atoms with Crippen molar-refractivity contribution in [3.05, 3.63) is 95.9 Å². The lowest BCUT2D eigenvalue weighted by atomic mass is 9.98. The van der Waals surface area contributed by atoms with Crippen LogP contribution in [0.1, 0.15) is 17.7 Å². The minimum Gasteiger partial charge on any atom is -0.487 e. The Kier molecular flexibility index (Phi) is 6.63. The highest BCUT2D eigenvalue weighted by molar-refractivity contribution is 5.95. The van der Waals surface area contributed by atoms with Crippen LogP contribution in [0.3, 0.4) is 0 Å². The molecule has 0 fully saturated rings. The van der Waals surface area contributed by atoms with Gasteiger partial charge < -0.3 is 20.6 Å². The number of hydrogen-bond donors (Lipinski definition) is 2. The van der Waals surface area contributed by atoms with E-state index < -0.39 is 5.82 Å². The summed E-state index contributed by atoms with van der Waals surface area (Å²) in [6.07, 6.45) is 8.35. The van der Waals surface area contributed by atoms with Gasteiger partial charge in [0.25, 0.3) is 0 Å². The molecule has 1 atom stereocenters. The Balaban J connectivity index is 1.65. The van der Waals surface area contributed by atoms with E-state index in [1.54, 1.807) is 24.3 Å². The smallest absolute Gasteiger partial charge is 0.242 e. The molecule has 1 aliphatic carbocycles. The van der Waals surface area contributed by atoms with Crippen LogP contribution in [0.25, 0.3) is 0 Å². The number of rotatable bonds is 7. The summed E-state index contributed by atoms with van der Waals surface area (Å²) in [5.74, 6) is 6.43. The van der Waals surface area contributed by atoms with Crippen LogP contribution in [0, 0.1) is 11.7 Å². The molecule has 3 rings (SSSR count). The average molecular weight is 394 g/mol. The number of likely N-dealkylation sites (N-methyl/N-ethyl adjacent to an activating group) is 1. The second kappa shape index (κ2) is 9.54. The van der Waals surface area contributed by atoms with Crippen molar-refractivity contribution >= 4 is 5.90 Å². The first-order valence-corrected chi connectivity index (χ1v) is 9.14. The van der Waals surface area contributed by atoms with Crippen LogP contribution >= 0.6 is 0 Å². The van der Waals surface area contributed by atoms with Crippen LogP contribution in [0.15, 0.2) is 84.0 Å². The standard InChI is InChI=1S/C22H23FN4O2/c1-15(16-8-10-18(25-2)11-9-16)29-22(27-24)17-5-3-6-19(13-17)28-14-21-20(23)7-4-12-26-21/h3-8,10-13,16,25H,1,9,14,24H2,2H3/b27-22-. The molecule has 2 aromatic rings. The fourth-order valence-corrected chi connectivity index (χ4v) is 2.80. The molecule has 0 saturated carbocycles. The molecule has 6 nitrogen and oxygen atoms in total. The number of nitrogens with zero attached hydrogens (tertiary/aromatic N) is 2. The van der Waals surface area contributed by atoms with E-state index in [9.17, 15) is 4.39 Å².